The third-order valence-corrected chi connectivity index (χ3v) is 3.56. The van der Waals surface area contributed by atoms with Gasteiger partial charge in [-0.2, -0.15) is 0 Å². The molecule has 0 aliphatic heterocycles. The van der Waals surface area contributed by atoms with Gasteiger partial charge in [-0.15, -0.1) is 0 Å². The molecule has 0 saturated carbocycles. The molecule has 1 aromatic carbocycles. The van der Waals surface area contributed by atoms with E-state index in [0.29, 0.717) is 18.4 Å². The minimum absolute atomic E-state index is 0.00544. The maximum Gasteiger partial charge on any atom is 0.311 e. The van der Waals surface area contributed by atoms with Crippen LogP contribution < -0.4 is 4.74 Å². The van der Waals surface area contributed by atoms with Crippen molar-refractivity contribution in [2.45, 2.75) is 32.7 Å². The van der Waals surface area contributed by atoms with Crippen LogP contribution in [0, 0.1) is 0 Å². The zero-order valence-corrected chi connectivity index (χ0v) is 14.3. The lowest BCUT2D eigenvalue weighted by atomic mass is 10.2. The van der Waals surface area contributed by atoms with Gasteiger partial charge in [0.05, 0.1) is 19.4 Å². The summed E-state index contributed by atoms with van der Waals surface area (Å²) in [6, 6.07) is 7.86. The molecule has 0 N–H and O–H groups in total. The lowest BCUT2D eigenvalue weighted by Gasteiger charge is -2.10. The van der Waals surface area contributed by atoms with Crippen LogP contribution in [-0.4, -0.2) is 36.8 Å². The summed E-state index contributed by atoms with van der Waals surface area (Å²) >= 11 is 0. The van der Waals surface area contributed by atoms with E-state index in [2.05, 4.69) is 18.4 Å². The molecule has 24 heavy (non-hydrogen) atoms. The molecular weight excluding hydrogens is 310 g/mol. The molecule has 0 radical (unpaired) electrons. The summed E-state index contributed by atoms with van der Waals surface area (Å²) in [5.74, 6) is -0.420. The molecule has 0 saturated heterocycles. The van der Waals surface area contributed by atoms with E-state index in [4.69, 9.17) is 14.2 Å². The molecule has 2 rings (SSSR count). The molecule has 2 aromatic rings. The molecule has 0 aliphatic carbocycles. The van der Waals surface area contributed by atoms with Gasteiger partial charge in [-0.3, -0.25) is 9.59 Å². The molecule has 0 bridgehead atoms. The highest BCUT2D eigenvalue weighted by atomic mass is 16.6. The Morgan fingerprint density at radius 1 is 1.08 bits per heavy atom. The largest absolute Gasteiger partial charge is 0.463 e. The van der Waals surface area contributed by atoms with Crippen molar-refractivity contribution in [3.05, 3.63) is 30.5 Å². The van der Waals surface area contributed by atoms with Crippen molar-refractivity contribution in [3.63, 3.8) is 0 Å². The molecule has 0 fully saturated rings. The van der Waals surface area contributed by atoms with Crippen molar-refractivity contribution in [1.82, 2.24) is 4.57 Å². The van der Waals surface area contributed by atoms with Crippen molar-refractivity contribution in [1.29, 1.82) is 0 Å². The minimum Gasteiger partial charge on any atom is -0.463 e. The summed E-state index contributed by atoms with van der Waals surface area (Å²) in [4.78, 5) is 23.3. The Balaban J connectivity index is 1.88. The van der Waals surface area contributed by atoms with Crippen LogP contribution in [0.2, 0.25) is 0 Å². The quantitative estimate of drug-likeness (QED) is 0.422. The van der Waals surface area contributed by atoms with Gasteiger partial charge in [0.2, 0.25) is 0 Å². The second-order valence-electron chi connectivity index (χ2n) is 5.72. The molecule has 0 amide bonds. The van der Waals surface area contributed by atoms with Gasteiger partial charge in [0, 0.05) is 30.3 Å². The number of carbonyl (C=O) groups is 2. The predicted molar refractivity (Wildman–Crippen MR) is 90.0 cm³/mol. The minimum atomic E-state index is -0.457. The first-order valence-corrected chi connectivity index (χ1v) is 7.97. The van der Waals surface area contributed by atoms with E-state index >= 15 is 0 Å². The molecule has 1 heterocycles. The molecular formula is C18H23NO5. The number of methoxy groups -OCH3 is 1. The number of aromatic nitrogens is 1. The molecule has 0 atom stereocenters. The number of nitrogens with zero attached hydrogens (tertiary/aromatic N) is 1. The normalized spacial score (nSPS) is 11.0. The van der Waals surface area contributed by atoms with Gasteiger partial charge in [-0.05, 0) is 38.1 Å². The number of ether oxygens (including phenoxy) is 3. The van der Waals surface area contributed by atoms with Crippen molar-refractivity contribution in [2.24, 2.45) is 0 Å². The average Bonchev–Trinajstić information content (AvgIpc) is 2.96. The summed E-state index contributed by atoms with van der Waals surface area (Å²) in [6.07, 6.45) is 1.99. The highest BCUT2D eigenvalue weighted by Crippen LogP contribution is 2.24. The summed E-state index contributed by atoms with van der Waals surface area (Å²) in [5, 5.41) is 1.01. The van der Waals surface area contributed by atoms with Crippen LogP contribution in [0.5, 0.6) is 5.75 Å². The van der Waals surface area contributed by atoms with E-state index in [1.54, 1.807) is 6.07 Å². The van der Waals surface area contributed by atoms with Gasteiger partial charge in [0.25, 0.3) is 0 Å². The standard InChI is InChI=1S/C18H23NO5/c1-13(2)19-9-8-14-12-15(4-5-16(14)19)24-18(21)7-6-17(20)23-11-10-22-3/h4-5,8-9,12-13H,6-7,10-11H2,1-3H3. The topological polar surface area (TPSA) is 66.8 Å². The summed E-state index contributed by atoms with van der Waals surface area (Å²) in [6.45, 7) is 4.75. The van der Waals surface area contributed by atoms with Crippen molar-refractivity contribution in [2.75, 3.05) is 20.3 Å². The summed E-state index contributed by atoms with van der Waals surface area (Å²) < 4.78 is 17.1. The van der Waals surface area contributed by atoms with E-state index < -0.39 is 11.9 Å². The first-order chi connectivity index (χ1) is 11.5. The second-order valence-corrected chi connectivity index (χ2v) is 5.72. The van der Waals surface area contributed by atoms with Crippen molar-refractivity contribution in [3.8, 4) is 5.75 Å². The lowest BCUT2D eigenvalue weighted by Crippen LogP contribution is -2.14. The number of hydrogen-bond acceptors (Lipinski definition) is 5. The fourth-order valence-corrected chi connectivity index (χ4v) is 2.35. The number of hydrogen-bond donors (Lipinski definition) is 0. The van der Waals surface area contributed by atoms with E-state index in [9.17, 15) is 9.59 Å². The fourth-order valence-electron chi connectivity index (χ4n) is 2.35. The highest BCUT2D eigenvalue weighted by Gasteiger charge is 2.11. The second kappa shape index (κ2) is 8.49. The van der Waals surface area contributed by atoms with Crippen LogP contribution in [0.3, 0.4) is 0 Å². The van der Waals surface area contributed by atoms with Gasteiger partial charge in [0.15, 0.2) is 0 Å². The number of fused-ring (bicyclic) bond motifs is 1. The summed E-state index contributed by atoms with van der Waals surface area (Å²) in [7, 11) is 1.53. The Morgan fingerprint density at radius 3 is 2.54 bits per heavy atom. The van der Waals surface area contributed by atoms with E-state index in [-0.39, 0.29) is 19.4 Å². The van der Waals surface area contributed by atoms with Gasteiger partial charge in [-0.25, -0.2) is 0 Å². The van der Waals surface area contributed by atoms with Gasteiger partial charge in [0.1, 0.15) is 12.4 Å². The lowest BCUT2D eigenvalue weighted by molar-refractivity contribution is -0.147. The number of carbonyl (C=O) groups excluding carboxylic acids is 2. The third-order valence-electron chi connectivity index (χ3n) is 3.56. The van der Waals surface area contributed by atoms with Crippen LogP contribution in [0.15, 0.2) is 30.5 Å². The molecule has 1 aromatic heterocycles. The number of rotatable bonds is 8. The van der Waals surface area contributed by atoms with E-state index in [1.807, 2.05) is 24.4 Å². The molecule has 0 aliphatic rings. The van der Waals surface area contributed by atoms with Gasteiger partial charge in [-0.1, -0.05) is 0 Å². The smallest absolute Gasteiger partial charge is 0.311 e. The maximum atomic E-state index is 11.8. The fraction of sp³-hybridized carbons (Fsp3) is 0.444. The molecule has 130 valence electrons. The Morgan fingerprint density at radius 2 is 1.83 bits per heavy atom. The zero-order valence-electron chi connectivity index (χ0n) is 14.3. The zero-order chi connectivity index (χ0) is 17.5. The molecule has 6 nitrogen and oxygen atoms in total. The summed E-state index contributed by atoms with van der Waals surface area (Å²) in [5.41, 5.74) is 1.09. The van der Waals surface area contributed by atoms with Crippen LogP contribution >= 0.6 is 0 Å². The van der Waals surface area contributed by atoms with E-state index in [1.165, 1.54) is 7.11 Å². The molecule has 6 heteroatoms. The number of benzene rings is 1. The highest BCUT2D eigenvalue weighted by molar-refractivity contribution is 5.84. The average molecular weight is 333 g/mol. The monoisotopic (exact) mass is 333 g/mol. The Labute approximate surface area is 141 Å². The van der Waals surface area contributed by atoms with Crippen molar-refractivity contribution < 1.29 is 23.8 Å². The Hall–Kier alpha value is -2.34. The predicted octanol–water partition coefficient (Wildman–Crippen LogP) is 3.10. The Bertz CT molecular complexity index is 704. The van der Waals surface area contributed by atoms with Crippen molar-refractivity contribution >= 4 is 22.8 Å². The van der Waals surface area contributed by atoms with Crippen LogP contribution in [-0.2, 0) is 19.1 Å². The first-order valence-electron chi connectivity index (χ1n) is 7.97. The third kappa shape index (κ3) is 4.83. The SMILES string of the molecule is COCCOC(=O)CCC(=O)Oc1ccc2c(ccn2C(C)C)c1. The van der Waals surface area contributed by atoms with Gasteiger partial charge < -0.3 is 18.8 Å². The van der Waals surface area contributed by atoms with Crippen LogP contribution in [0.1, 0.15) is 32.7 Å². The molecule has 0 spiro atoms. The number of esters is 2. The Kier molecular flexibility index (Phi) is 6.37. The van der Waals surface area contributed by atoms with Crippen LogP contribution in [0.25, 0.3) is 10.9 Å². The van der Waals surface area contributed by atoms with E-state index in [0.717, 1.165) is 10.9 Å². The first kappa shape index (κ1) is 18.0. The molecule has 0 unspecified atom stereocenters. The maximum absolute atomic E-state index is 11.8. The van der Waals surface area contributed by atoms with Crippen LogP contribution in [0.4, 0.5) is 0 Å². The van der Waals surface area contributed by atoms with Gasteiger partial charge >= 0.3 is 11.9 Å².